The molecule has 3 aromatic heterocycles. The lowest BCUT2D eigenvalue weighted by Crippen LogP contribution is -2.10. The van der Waals surface area contributed by atoms with Gasteiger partial charge in [-0.2, -0.15) is 10.5 Å². The standard InChI is InChI=1S/C35H26FN7O3/c1-2-42-21-39-18-27(42)19-43-31-7-3-5-28(35(44)45)34(31)41-32(43)15-23-11-12-24(14-26(23)17-38)30-6-4-8-33(40-30)46-20-25-10-9-22(16-37)13-29(25)36/h3-14,18,21H,2,15,19-20H2,1H3,(H,44,45). The van der Waals surface area contributed by atoms with Crippen LogP contribution in [0.3, 0.4) is 0 Å². The van der Waals surface area contributed by atoms with Gasteiger partial charge in [-0.25, -0.2) is 24.1 Å². The number of halogens is 1. The number of nitriles is 2. The van der Waals surface area contributed by atoms with E-state index < -0.39 is 11.8 Å². The predicted molar refractivity (Wildman–Crippen MR) is 166 cm³/mol. The SMILES string of the molecule is CCn1cncc1Cn1c(Cc2ccc(-c3cccc(OCc4ccc(C#N)cc4F)n3)cc2C#N)nc2c(C(=O)O)cccc21. The minimum absolute atomic E-state index is 0.0694. The number of nitrogens with zero attached hydrogens (tertiary/aromatic N) is 7. The smallest absolute Gasteiger partial charge is 0.337 e. The van der Waals surface area contributed by atoms with Gasteiger partial charge in [0.25, 0.3) is 0 Å². The summed E-state index contributed by atoms with van der Waals surface area (Å²) in [6, 6.07) is 24.1. The second-order valence-electron chi connectivity index (χ2n) is 10.5. The van der Waals surface area contributed by atoms with Crippen LogP contribution in [0.2, 0.25) is 0 Å². The van der Waals surface area contributed by atoms with Crippen molar-refractivity contribution < 1.29 is 19.0 Å². The van der Waals surface area contributed by atoms with Gasteiger partial charge >= 0.3 is 5.97 Å². The van der Waals surface area contributed by atoms with Crippen LogP contribution in [0.4, 0.5) is 4.39 Å². The van der Waals surface area contributed by atoms with Crippen molar-refractivity contribution in [1.82, 2.24) is 24.1 Å². The van der Waals surface area contributed by atoms with E-state index in [0.717, 1.165) is 18.3 Å². The maximum atomic E-state index is 14.3. The Bertz CT molecular complexity index is 2190. The topological polar surface area (TPSA) is 143 Å². The van der Waals surface area contributed by atoms with Gasteiger partial charge in [0.2, 0.25) is 5.88 Å². The zero-order chi connectivity index (χ0) is 32.2. The number of para-hydroxylation sites is 1. The van der Waals surface area contributed by atoms with Crippen LogP contribution in [-0.2, 0) is 26.1 Å². The molecule has 0 aliphatic rings. The van der Waals surface area contributed by atoms with E-state index in [1.54, 1.807) is 42.9 Å². The van der Waals surface area contributed by atoms with Crippen molar-refractivity contribution in [2.45, 2.75) is 33.0 Å². The van der Waals surface area contributed by atoms with Gasteiger partial charge in [-0.1, -0.05) is 30.3 Å². The zero-order valence-electron chi connectivity index (χ0n) is 24.7. The highest BCUT2D eigenvalue weighted by atomic mass is 19.1. The first-order valence-electron chi connectivity index (χ1n) is 14.4. The van der Waals surface area contributed by atoms with Crippen LogP contribution in [0.15, 0.2) is 85.3 Å². The fourth-order valence-corrected chi connectivity index (χ4v) is 5.31. The van der Waals surface area contributed by atoms with Gasteiger partial charge in [0, 0.05) is 36.4 Å². The number of carbonyl (C=O) groups is 1. The molecule has 226 valence electrons. The van der Waals surface area contributed by atoms with Crippen LogP contribution in [0.25, 0.3) is 22.3 Å². The van der Waals surface area contributed by atoms with E-state index >= 15 is 0 Å². The summed E-state index contributed by atoms with van der Waals surface area (Å²) >= 11 is 0. The summed E-state index contributed by atoms with van der Waals surface area (Å²) in [6.45, 7) is 3.10. The molecule has 1 N–H and O–H groups in total. The van der Waals surface area contributed by atoms with Crippen LogP contribution in [0.1, 0.15) is 51.1 Å². The fraction of sp³-hybridized carbons (Fsp3) is 0.143. The first kappa shape index (κ1) is 29.7. The molecule has 0 saturated carbocycles. The molecule has 0 spiro atoms. The molecule has 0 fully saturated rings. The van der Waals surface area contributed by atoms with E-state index in [1.807, 2.05) is 40.3 Å². The number of imidazole rings is 2. The number of aryl methyl sites for hydroxylation is 1. The van der Waals surface area contributed by atoms with Crippen LogP contribution < -0.4 is 4.74 Å². The van der Waals surface area contributed by atoms with Gasteiger partial charge in [-0.05, 0) is 48.9 Å². The van der Waals surface area contributed by atoms with E-state index in [4.69, 9.17) is 15.0 Å². The predicted octanol–water partition coefficient (Wildman–Crippen LogP) is 6.11. The highest BCUT2D eigenvalue weighted by Gasteiger charge is 2.20. The van der Waals surface area contributed by atoms with Gasteiger partial charge in [0.15, 0.2) is 0 Å². The second kappa shape index (κ2) is 12.7. The first-order chi connectivity index (χ1) is 22.4. The number of benzene rings is 3. The minimum atomic E-state index is -1.07. The number of hydrogen-bond acceptors (Lipinski definition) is 7. The molecule has 6 aromatic rings. The molecule has 0 radical (unpaired) electrons. The molecule has 0 saturated heterocycles. The van der Waals surface area contributed by atoms with Crippen molar-refractivity contribution in [1.29, 1.82) is 10.5 Å². The lowest BCUT2D eigenvalue weighted by atomic mass is 10.00. The highest BCUT2D eigenvalue weighted by Crippen LogP contribution is 2.27. The summed E-state index contributed by atoms with van der Waals surface area (Å²) in [5.74, 6) is -0.713. The van der Waals surface area contributed by atoms with Gasteiger partial charge < -0.3 is 19.0 Å². The van der Waals surface area contributed by atoms with Crippen molar-refractivity contribution in [2.75, 3.05) is 0 Å². The van der Waals surface area contributed by atoms with Crippen LogP contribution >= 0.6 is 0 Å². The van der Waals surface area contributed by atoms with Crippen molar-refractivity contribution >= 4 is 17.0 Å². The Morgan fingerprint density at radius 3 is 2.59 bits per heavy atom. The van der Waals surface area contributed by atoms with E-state index in [-0.39, 0.29) is 30.0 Å². The molecule has 0 atom stereocenters. The monoisotopic (exact) mass is 611 g/mol. The Morgan fingerprint density at radius 2 is 1.83 bits per heavy atom. The van der Waals surface area contributed by atoms with Crippen molar-refractivity contribution in [2.24, 2.45) is 0 Å². The molecule has 0 amide bonds. The van der Waals surface area contributed by atoms with Crippen LogP contribution in [-0.4, -0.2) is 35.2 Å². The zero-order valence-corrected chi connectivity index (χ0v) is 24.7. The Hall–Kier alpha value is -6.33. The summed E-state index contributed by atoms with van der Waals surface area (Å²) in [7, 11) is 0. The van der Waals surface area contributed by atoms with E-state index in [9.17, 15) is 19.6 Å². The Labute approximate surface area is 263 Å². The number of carboxylic acid groups (broad SMARTS) is 1. The number of rotatable bonds is 10. The molecular formula is C35H26FN7O3. The Kier molecular flexibility index (Phi) is 8.22. The molecule has 3 heterocycles. The third kappa shape index (κ3) is 5.90. The highest BCUT2D eigenvalue weighted by molar-refractivity contribution is 6.01. The fourth-order valence-electron chi connectivity index (χ4n) is 5.31. The van der Waals surface area contributed by atoms with Gasteiger partial charge in [-0.3, -0.25) is 0 Å². The average molecular weight is 612 g/mol. The Balaban J connectivity index is 1.30. The normalized spacial score (nSPS) is 10.9. The molecule has 46 heavy (non-hydrogen) atoms. The van der Waals surface area contributed by atoms with E-state index in [2.05, 4.69) is 16.0 Å². The summed E-state index contributed by atoms with van der Waals surface area (Å²) in [5.41, 5.74) is 5.00. The second-order valence-corrected chi connectivity index (χ2v) is 10.5. The summed E-state index contributed by atoms with van der Waals surface area (Å²) in [5, 5.41) is 28.9. The lowest BCUT2D eigenvalue weighted by Gasteiger charge is -2.12. The quantitative estimate of drug-likeness (QED) is 0.195. The number of carboxylic acids is 1. The van der Waals surface area contributed by atoms with E-state index in [0.29, 0.717) is 51.4 Å². The molecule has 0 unspecified atom stereocenters. The minimum Gasteiger partial charge on any atom is -0.478 e. The number of aromatic nitrogens is 5. The van der Waals surface area contributed by atoms with Crippen molar-refractivity contribution in [3.8, 4) is 29.3 Å². The third-order valence-electron chi connectivity index (χ3n) is 7.70. The number of aromatic carboxylic acids is 1. The molecule has 0 aliphatic heterocycles. The first-order valence-corrected chi connectivity index (χ1v) is 14.4. The van der Waals surface area contributed by atoms with E-state index in [1.165, 1.54) is 18.2 Å². The molecular weight excluding hydrogens is 585 g/mol. The number of hydrogen-bond donors (Lipinski definition) is 1. The molecule has 0 bridgehead atoms. The maximum absolute atomic E-state index is 14.3. The van der Waals surface area contributed by atoms with Crippen molar-refractivity contribution in [3.05, 3.63) is 130 Å². The molecule has 3 aromatic carbocycles. The number of fused-ring (bicyclic) bond motifs is 1. The molecule has 0 aliphatic carbocycles. The van der Waals surface area contributed by atoms with Gasteiger partial charge in [0.05, 0.1) is 58.6 Å². The van der Waals surface area contributed by atoms with Crippen LogP contribution in [0.5, 0.6) is 5.88 Å². The maximum Gasteiger partial charge on any atom is 0.337 e. The molecule has 10 nitrogen and oxygen atoms in total. The number of ether oxygens (including phenoxy) is 1. The average Bonchev–Trinajstić information content (AvgIpc) is 3.68. The third-order valence-corrected chi connectivity index (χ3v) is 7.70. The summed E-state index contributed by atoms with van der Waals surface area (Å²) < 4.78 is 24.0. The van der Waals surface area contributed by atoms with Gasteiger partial charge in [-0.15, -0.1) is 0 Å². The van der Waals surface area contributed by atoms with Crippen LogP contribution in [0, 0.1) is 28.5 Å². The number of pyridine rings is 1. The van der Waals surface area contributed by atoms with Gasteiger partial charge in [0.1, 0.15) is 23.8 Å². The summed E-state index contributed by atoms with van der Waals surface area (Å²) in [6.07, 6.45) is 3.81. The molecule has 6 rings (SSSR count). The Morgan fingerprint density at radius 1 is 1.00 bits per heavy atom. The molecule has 11 heteroatoms. The lowest BCUT2D eigenvalue weighted by molar-refractivity contribution is 0.0699. The van der Waals surface area contributed by atoms with Crippen molar-refractivity contribution in [3.63, 3.8) is 0 Å². The summed E-state index contributed by atoms with van der Waals surface area (Å²) in [4.78, 5) is 25.6. The largest absolute Gasteiger partial charge is 0.478 e.